The molecule has 0 aromatic heterocycles. The molecule has 0 aliphatic rings. The summed E-state index contributed by atoms with van der Waals surface area (Å²) in [6.45, 7) is 3.69. The number of carbonyl (C=O) groups excluding carboxylic acids is 2. The van der Waals surface area contributed by atoms with E-state index in [0.717, 1.165) is 11.8 Å². The topological polar surface area (TPSA) is 96.0 Å². The first kappa shape index (κ1) is 33.9. The molecule has 8 nitrogen and oxygen atoms in total. The normalized spacial score (nSPS) is 12.7. The molecule has 0 radical (unpaired) electrons. The molecule has 1 N–H and O–H groups in total. The van der Waals surface area contributed by atoms with Crippen molar-refractivity contribution in [3.8, 4) is 5.75 Å². The standard InChI is InChI=1S/C32H39ClFN3O5S/c1-5-23(2)35-32(39)29(20-24-12-7-6-8-13-24)36(22-25-14-9-10-15-28(25)34)31(38)16-11-19-37(43(4,40)41)26-17-18-30(42-3)27(33)21-26/h6-10,12-15,17-18,21,23,29H,5,11,16,19-20,22H2,1-4H3,(H,35,39)/t23-,29+/m0/s1. The van der Waals surface area contributed by atoms with Crippen molar-refractivity contribution in [3.05, 3.63) is 94.8 Å². The van der Waals surface area contributed by atoms with E-state index in [9.17, 15) is 22.4 Å². The summed E-state index contributed by atoms with van der Waals surface area (Å²) >= 11 is 6.24. The average Bonchev–Trinajstić information content (AvgIpc) is 2.97. The summed E-state index contributed by atoms with van der Waals surface area (Å²) in [7, 11) is -2.26. The Hall–Kier alpha value is -3.63. The maximum absolute atomic E-state index is 14.8. The zero-order chi connectivity index (χ0) is 31.6. The third-order valence-electron chi connectivity index (χ3n) is 7.15. The van der Waals surface area contributed by atoms with Crippen LogP contribution < -0.4 is 14.4 Å². The maximum atomic E-state index is 14.8. The molecule has 0 saturated carbocycles. The molecule has 0 fully saturated rings. The van der Waals surface area contributed by atoms with E-state index in [4.69, 9.17) is 16.3 Å². The van der Waals surface area contributed by atoms with Crippen LogP contribution in [0.4, 0.5) is 10.1 Å². The fraction of sp³-hybridized carbons (Fsp3) is 0.375. The third kappa shape index (κ3) is 9.69. The fourth-order valence-corrected chi connectivity index (χ4v) is 5.83. The monoisotopic (exact) mass is 631 g/mol. The summed E-state index contributed by atoms with van der Waals surface area (Å²) in [6.07, 6.45) is 2.07. The highest BCUT2D eigenvalue weighted by Crippen LogP contribution is 2.30. The number of methoxy groups -OCH3 is 1. The molecule has 3 rings (SSSR count). The Labute approximate surface area is 258 Å². The first-order chi connectivity index (χ1) is 20.4. The van der Waals surface area contributed by atoms with Gasteiger partial charge in [0.15, 0.2) is 0 Å². The number of carbonyl (C=O) groups is 2. The van der Waals surface area contributed by atoms with E-state index in [1.54, 1.807) is 30.3 Å². The van der Waals surface area contributed by atoms with Gasteiger partial charge in [-0.2, -0.15) is 0 Å². The molecular weight excluding hydrogens is 593 g/mol. The molecule has 2 amide bonds. The van der Waals surface area contributed by atoms with E-state index < -0.39 is 27.8 Å². The van der Waals surface area contributed by atoms with Crippen LogP contribution in [-0.2, 0) is 32.6 Å². The minimum absolute atomic E-state index is 0.0107. The van der Waals surface area contributed by atoms with E-state index >= 15 is 0 Å². The molecule has 0 saturated heterocycles. The van der Waals surface area contributed by atoms with Gasteiger partial charge in [-0.25, -0.2) is 12.8 Å². The molecule has 3 aromatic rings. The first-order valence-corrected chi connectivity index (χ1v) is 16.4. The van der Waals surface area contributed by atoms with Crippen molar-refractivity contribution in [2.45, 2.75) is 58.2 Å². The van der Waals surface area contributed by atoms with Gasteiger partial charge in [0.05, 0.1) is 24.1 Å². The van der Waals surface area contributed by atoms with E-state index in [0.29, 0.717) is 17.9 Å². The lowest BCUT2D eigenvalue weighted by atomic mass is 10.0. The third-order valence-corrected chi connectivity index (χ3v) is 8.64. The fourth-order valence-electron chi connectivity index (χ4n) is 4.62. The summed E-state index contributed by atoms with van der Waals surface area (Å²) in [5, 5.41) is 3.23. The Balaban J connectivity index is 1.90. The van der Waals surface area contributed by atoms with Crippen LogP contribution in [0.2, 0.25) is 5.02 Å². The summed E-state index contributed by atoms with van der Waals surface area (Å²) in [5.41, 5.74) is 1.45. The minimum Gasteiger partial charge on any atom is -0.495 e. The minimum atomic E-state index is -3.72. The Morgan fingerprint density at radius 1 is 1.05 bits per heavy atom. The average molecular weight is 632 g/mol. The molecule has 2 atom stereocenters. The van der Waals surface area contributed by atoms with Crippen LogP contribution in [0.1, 0.15) is 44.2 Å². The Morgan fingerprint density at radius 2 is 1.72 bits per heavy atom. The molecule has 0 aliphatic carbocycles. The van der Waals surface area contributed by atoms with E-state index in [-0.39, 0.29) is 54.9 Å². The molecule has 232 valence electrons. The second-order valence-corrected chi connectivity index (χ2v) is 12.7. The highest BCUT2D eigenvalue weighted by Gasteiger charge is 2.31. The predicted octanol–water partition coefficient (Wildman–Crippen LogP) is 5.59. The Bertz CT molecular complexity index is 1490. The van der Waals surface area contributed by atoms with E-state index in [2.05, 4.69) is 5.32 Å². The quantitative estimate of drug-likeness (QED) is 0.236. The number of halogens is 2. The van der Waals surface area contributed by atoms with Crippen LogP contribution in [-0.4, -0.2) is 57.1 Å². The highest BCUT2D eigenvalue weighted by molar-refractivity contribution is 7.92. The van der Waals surface area contributed by atoms with Crippen LogP contribution in [0.15, 0.2) is 72.8 Å². The number of ether oxygens (including phenoxy) is 1. The smallest absolute Gasteiger partial charge is 0.243 e. The number of hydrogen-bond donors (Lipinski definition) is 1. The Morgan fingerprint density at radius 3 is 2.33 bits per heavy atom. The van der Waals surface area contributed by atoms with Gasteiger partial charge in [-0.1, -0.05) is 67.1 Å². The van der Waals surface area contributed by atoms with Gasteiger partial charge in [-0.15, -0.1) is 0 Å². The van der Waals surface area contributed by atoms with E-state index in [1.165, 1.54) is 28.4 Å². The van der Waals surface area contributed by atoms with Crippen LogP contribution in [0.3, 0.4) is 0 Å². The van der Waals surface area contributed by atoms with Crippen molar-refractivity contribution in [1.29, 1.82) is 0 Å². The van der Waals surface area contributed by atoms with Gasteiger partial charge in [0.25, 0.3) is 0 Å². The number of anilines is 1. The highest BCUT2D eigenvalue weighted by atomic mass is 35.5. The van der Waals surface area contributed by atoms with Crippen LogP contribution in [0, 0.1) is 5.82 Å². The van der Waals surface area contributed by atoms with Crippen LogP contribution in [0.25, 0.3) is 0 Å². The van der Waals surface area contributed by atoms with Gasteiger partial charge in [0, 0.05) is 37.5 Å². The summed E-state index contributed by atoms with van der Waals surface area (Å²) in [6, 6.07) is 19.0. The molecular formula is C32H39ClFN3O5S. The number of amides is 2. The van der Waals surface area contributed by atoms with Crippen molar-refractivity contribution >= 4 is 39.1 Å². The van der Waals surface area contributed by atoms with Gasteiger partial charge < -0.3 is 15.0 Å². The van der Waals surface area contributed by atoms with Gasteiger partial charge in [-0.05, 0) is 49.6 Å². The summed E-state index contributed by atoms with van der Waals surface area (Å²) in [4.78, 5) is 28.9. The van der Waals surface area contributed by atoms with Crippen molar-refractivity contribution in [3.63, 3.8) is 0 Å². The molecule has 0 aliphatic heterocycles. The zero-order valence-corrected chi connectivity index (χ0v) is 26.5. The SMILES string of the molecule is CC[C@H](C)NC(=O)[C@@H](Cc1ccccc1)N(Cc1ccccc1F)C(=O)CCCN(c1ccc(OC)c(Cl)c1)S(C)(=O)=O. The van der Waals surface area contributed by atoms with Crippen LogP contribution in [0.5, 0.6) is 5.75 Å². The number of hydrogen-bond acceptors (Lipinski definition) is 5. The molecule has 43 heavy (non-hydrogen) atoms. The van der Waals surface area contributed by atoms with Crippen molar-refractivity contribution in [1.82, 2.24) is 10.2 Å². The second-order valence-electron chi connectivity index (χ2n) is 10.4. The first-order valence-electron chi connectivity index (χ1n) is 14.1. The van der Waals surface area contributed by atoms with Crippen molar-refractivity contribution < 1.29 is 27.1 Å². The van der Waals surface area contributed by atoms with Gasteiger partial charge >= 0.3 is 0 Å². The van der Waals surface area contributed by atoms with Gasteiger partial charge in [0.2, 0.25) is 21.8 Å². The molecule has 11 heteroatoms. The largest absolute Gasteiger partial charge is 0.495 e. The Kier molecular flexibility index (Phi) is 12.4. The molecule has 3 aromatic carbocycles. The number of nitrogens with one attached hydrogen (secondary N) is 1. The second kappa shape index (κ2) is 15.7. The van der Waals surface area contributed by atoms with Crippen LogP contribution >= 0.6 is 11.6 Å². The van der Waals surface area contributed by atoms with Gasteiger partial charge in [0.1, 0.15) is 17.6 Å². The number of rotatable bonds is 15. The lowest BCUT2D eigenvalue weighted by Gasteiger charge is -2.33. The summed E-state index contributed by atoms with van der Waals surface area (Å²) in [5.74, 6) is -0.822. The number of sulfonamides is 1. The zero-order valence-electron chi connectivity index (χ0n) is 24.9. The predicted molar refractivity (Wildman–Crippen MR) is 168 cm³/mol. The lowest BCUT2D eigenvalue weighted by molar-refractivity contribution is -0.141. The van der Waals surface area contributed by atoms with Crippen molar-refractivity contribution in [2.24, 2.45) is 0 Å². The lowest BCUT2D eigenvalue weighted by Crippen LogP contribution is -2.52. The summed E-state index contributed by atoms with van der Waals surface area (Å²) < 4.78 is 46.5. The molecule has 0 heterocycles. The molecule has 0 spiro atoms. The van der Waals surface area contributed by atoms with E-state index in [1.807, 2.05) is 44.2 Å². The number of benzene rings is 3. The maximum Gasteiger partial charge on any atom is 0.243 e. The molecule has 0 bridgehead atoms. The van der Waals surface area contributed by atoms with Crippen molar-refractivity contribution in [2.75, 3.05) is 24.2 Å². The number of nitrogens with zero attached hydrogens (tertiary/aromatic N) is 2. The molecule has 0 unspecified atom stereocenters. The van der Waals surface area contributed by atoms with Gasteiger partial charge in [-0.3, -0.25) is 13.9 Å².